The second-order valence-corrected chi connectivity index (χ2v) is 10.1. The Bertz CT molecular complexity index is 993. The summed E-state index contributed by atoms with van der Waals surface area (Å²) >= 11 is 0. The van der Waals surface area contributed by atoms with Crippen molar-refractivity contribution in [3.63, 3.8) is 0 Å². The van der Waals surface area contributed by atoms with Gasteiger partial charge in [0.1, 0.15) is 5.60 Å². The summed E-state index contributed by atoms with van der Waals surface area (Å²) in [5, 5.41) is 4.13. The molecular weight excluding hydrogens is 402 g/mol. The van der Waals surface area contributed by atoms with E-state index in [1.54, 1.807) is 0 Å². The first-order valence-electron chi connectivity index (χ1n) is 11.8. The van der Waals surface area contributed by atoms with Crippen molar-refractivity contribution in [1.29, 1.82) is 0 Å². The van der Waals surface area contributed by atoms with Crippen LogP contribution in [0.1, 0.15) is 58.4 Å². The molecule has 0 atom stereocenters. The minimum atomic E-state index is -0.481. The second kappa shape index (κ2) is 9.39. The number of amides is 2. The van der Waals surface area contributed by atoms with Crippen LogP contribution < -0.4 is 5.32 Å². The summed E-state index contributed by atoms with van der Waals surface area (Å²) in [7, 11) is 0. The molecule has 0 spiro atoms. The Kier molecular flexibility index (Phi) is 6.58. The van der Waals surface area contributed by atoms with E-state index in [-0.39, 0.29) is 17.9 Å². The van der Waals surface area contributed by atoms with Crippen LogP contribution in [0.5, 0.6) is 0 Å². The molecule has 172 valence electrons. The van der Waals surface area contributed by atoms with E-state index in [1.165, 1.54) is 16.5 Å². The summed E-state index contributed by atoms with van der Waals surface area (Å²) in [5.41, 5.74) is 3.25. The van der Waals surface area contributed by atoms with E-state index in [4.69, 9.17) is 4.74 Å². The van der Waals surface area contributed by atoms with Crippen molar-refractivity contribution in [2.24, 2.45) is 11.8 Å². The standard InChI is InChI=1S/C26H35N3O3/c1-26(2,3)32-25(31)28-16-18-8-10-20(11-9-18)24(30)29-14-12-19(13-15-29)22-17-27-23-7-5-4-6-21(22)23/h4-7,12,17-18,20,27H,8-11,13-16H2,1-3H3,(H,28,31). The molecule has 1 fully saturated rings. The number of hydrogen-bond donors (Lipinski definition) is 2. The number of rotatable bonds is 4. The third kappa shape index (κ3) is 5.34. The number of para-hydroxylation sites is 1. The molecule has 0 bridgehead atoms. The number of aromatic nitrogens is 1. The summed E-state index contributed by atoms with van der Waals surface area (Å²) in [6.45, 7) is 7.68. The summed E-state index contributed by atoms with van der Waals surface area (Å²) in [5.74, 6) is 0.815. The molecule has 1 saturated carbocycles. The molecule has 1 aliphatic carbocycles. The van der Waals surface area contributed by atoms with Crippen molar-refractivity contribution < 1.29 is 14.3 Å². The van der Waals surface area contributed by atoms with E-state index < -0.39 is 5.60 Å². The molecule has 1 aromatic carbocycles. The van der Waals surface area contributed by atoms with Crippen molar-refractivity contribution in [2.45, 2.75) is 58.5 Å². The number of H-pyrrole nitrogens is 1. The third-order valence-electron chi connectivity index (χ3n) is 6.59. The molecule has 2 N–H and O–H groups in total. The molecule has 32 heavy (non-hydrogen) atoms. The first-order chi connectivity index (χ1) is 15.3. The zero-order valence-corrected chi connectivity index (χ0v) is 19.4. The Labute approximate surface area is 190 Å². The molecule has 2 aliphatic rings. The van der Waals surface area contributed by atoms with Gasteiger partial charge >= 0.3 is 6.09 Å². The average molecular weight is 438 g/mol. The van der Waals surface area contributed by atoms with E-state index in [1.807, 2.05) is 31.7 Å². The van der Waals surface area contributed by atoms with Crippen molar-refractivity contribution in [3.05, 3.63) is 42.1 Å². The first-order valence-corrected chi connectivity index (χ1v) is 11.8. The van der Waals surface area contributed by atoms with Gasteiger partial charge in [-0.3, -0.25) is 4.79 Å². The number of hydrogen-bond acceptors (Lipinski definition) is 3. The highest BCUT2D eigenvalue weighted by Crippen LogP contribution is 2.32. The van der Waals surface area contributed by atoms with Gasteiger partial charge in [-0.05, 0) is 70.4 Å². The lowest BCUT2D eigenvalue weighted by molar-refractivity contribution is -0.136. The minimum absolute atomic E-state index is 0.107. The van der Waals surface area contributed by atoms with E-state index in [9.17, 15) is 9.59 Å². The van der Waals surface area contributed by atoms with Gasteiger partial charge in [0.2, 0.25) is 5.91 Å². The number of carbonyl (C=O) groups excluding carboxylic acids is 2. The molecule has 2 heterocycles. The molecule has 4 rings (SSSR count). The number of nitrogens with one attached hydrogen (secondary N) is 2. The predicted molar refractivity (Wildman–Crippen MR) is 127 cm³/mol. The summed E-state index contributed by atoms with van der Waals surface area (Å²) in [4.78, 5) is 30.3. The van der Waals surface area contributed by atoms with Crippen molar-refractivity contribution in [1.82, 2.24) is 15.2 Å². The zero-order valence-electron chi connectivity index (χ0n) is 19.4. The van der Waals surface area contributed by atoms with Crippen LogP contribution in [0.15, 0.2) is 36.5 Å². The highest BCUT2D eigenvalue weighted by Gasteiger charge is 2.30. The highest BCUT2D eigenvalue weighted by molar-refractivity contribution is 5.93. The maximum Gasteiger partial charge on any atom is 0.407 e. The van der Waals surface area contributed by atoms with Crippen LogP contribution in [0, 0.1) is 11.8 Å². The fourth-order valence-corrected chi connectivity index (χ4v) is 4.86. The number of benzene rings is 1. The minimum Gasteiger partial charge on any atom is -0.444 e. The number of fused-ring (bicyclic) bond motifs is 1. The largest absolute Gasteiger partial charge is 0.444 e. The Balaban J connectivity index is 1.25. The molecule has 0 unspecified atom stereocenters. The maximum absolute atomic E-state index is 13.1. The molecule has 2 aromatic rings. The smallest absolute Gasteiger partial charge is 0.407 e. The summed E-state index contributed by atoms with van der Waals surface area (Å²) < 4.78 is 5.31. The lowest BCUT2D eigenvalue weighted by Crippen LogP contribution is -2.41. The summed E-state index contributed by atoms with van der Waals surface area (Å²) in [6.07, 6.45) is 8.56. The van der Waals surface area contributed by atoms with Gasteiger partial charge in [-0.15, -0.1) is 0 Å². The number of carbonyl (C=O) groups is 2. The van der Waals surface area contributed by atoms with Gasteiger partial charge in [0, 0.05) is 48.2 Å². The molecule has 0 radical (unpaired) electrons. The Morgan fingerprint density at radius 3 is 2.59 bits per heavy atom. The van der Waals surface area contributed by atoms with Gasteiger partial charge in [-0.25, -0.2) is 4.79 Å². The van der Waals surface area contributed by atoms with Crippen LogP contribution in [-0.4, -0.2) is 47.1 Å². The Hall–Kier alpha value is -2.76. The van der Waals surface area contributed by atoms with Crippen molar-refractivity contribution >= 4 is 28.5 Å². The van der Waals surface area contributed by atoms with E-state index >= 15 is 0 Å². The van der Waals surface area contributed by atoms with Gasteiger partial charge in [-0.1, -0.05) is 24.3 Å². The molecule has 1 aromatic heterocycles. The highest BCUT2D eigenvalue weighted by atomic mass is 16.6. The molecular formula is C26H35N3O3. The van der Waals surface area contributed by atoms with Gasteiger partial charge in [0.15, 0.2) is 0 Å². The third-order valence-corrected chi connectivity index (χ3v) is 6.59. The summed E-state index contributed by atoms with van der Waals surface area (Å²) in [6, 6.07) is 8.35. The van der Waals surface area contributed by atoms with E-state index in [0.717, 1.165) is 44.2 Å². The quantitative estimate of drug-likeness (QED) is 0.698. The average Bonchev–Trinajstić information content (AvgIpc) is 3.21. The Morgan fingerprint density at radius 1 is 1.16 bits per heavy atom. The van der Waals surface area contributed by atoms with E-state index in [0.29, 0.717) is 19.0 Å². The SMILES string of the molecule is CC(C)(C)OC(=O)NCC1CCC(C(=O)N2CC=C(c3c[nH]c4ccccc34)CC2)CC1. The molecule has 0 saturated heterocycles. The number of ether oxygens (including phenoxy) is 1. The fraction of sp³-hybridized carbons (Fsp3) is 0.538. The normalized spacial score (nSPS) is 21.8. The van der Waals surface area contributed by atoms with Crippen LogP contribution >= 0.6 is 0 Å². The number of alkyl carbamates (subject to hydrolysis) is 1. The van der Waals surface area contributed by atoms with E-state index in [2.05, 4.69) is 40.8 Å². The predicted octanol–water partition coefficient (Wildman–Crippen LogP) is 5.11. The number of aromatic amines is 1. The zero-order chi connectivity index (χ0) is 22.7. The topological polar surface area (TPSA) is 74.4 Å². The fourth-order valence-electron chi connectivity index (χ4n) is 4.86. The van der Waals surface area contributed by atoms with Crippen LogP contribution in [0.3, 0.4) is 0 Å². The van der Waals surface area contributed by atoms with Crippen LogP contribution in [-0.2, 0) is 9.53 Å². The first kappa shape index (κ1) is 22.4. The number of nitrogens with zero attached hydrogens (tertiary/aromatic N) is 1. The van der Waals surface area contributed by atoms with Gasteiger partial charge in [-0.2, -0.15) is 0 Å². The molecule has 6 heteroatoms. The lowest BCUT2D eigenvalue weighted by Gasteiger charge is -2.33. The van der Waals surface area contributed by atoms with Crippen molar-refractivity contribution in [2.75, 3.05) is 19.6 Å². The monoisotopic (exact) mass is 437 g/mol. The van der Waals surface area contributed by atoms with Crippen LogP contribution in [0.25, 0.3) is 16.5 Å². The van der Waals surface area contributed by atoms with Gasteiger partial charge in [0.25, 0.3) is 0 Å². The Morgan fingerprint density at radius 2 is 1.91 bits per heavy atom. The maximum atomic E-state index is 13.1. The van der Waals surface area contributed by atoms with Crippen LogP contribution in [0.4, 0.5) is 4.79 Å². The van der Waals surface area contributed by atoms with Gasteiger partial charge in [0.05, 0.1) is 0 Å². The second-order valence-electron chi connectivity index (χ2n) is 10.1. The van der Waals surface area contributed by atoms with Crippen molar-refractivity contribution in [3.8, 4) is 0 Å². The molecule has 2 amide bonds. The molecule has 6 nitrogen and oxygen atoms in total. The molecule has 1 aliphatic heterocycles. The van der Waals surface area contributed by atoms with Crippen LogP contribution in [0.2, 0.25) is 0 Å². The lowest BCUT2D eigenvalue weighted by atomic mass is 9.81. The van der Waals surface area contributed by atoms with Gasteiger partial charge < -0.3 is 19.9 Å².